The molecule has 0 spiro atoms. The number of aromatic carboxylic acids is 2. The number of hydrogen-bond donors (Lipinski definition) is 2. The van der Waals surface area contributed by atoms with Crippen molar-refractivity contribution in [3.05, 3.63) is 47.5 Å². The van der Waals surface area contributed by atoms with E-state index in [0.29, 0.717) is 10.8 Å². The molecule has 0 aromatic heterocycles. The zero-order valence-corrected chi connectivity index (χ0v) is 9.42. The molecule has 2 rings (SSSR count). The minimum absolute atomic E-state index is 0. The molecule has 0 heterocycles. The summed E-state index contributed by atoms with van der Waals surface area (Å²) in [5.74, 6) is -1.99. The van der Waals surface area contributed by atoms with E-state index >= 15 is 0 Å². The topological polar surface area (TPSA) is 74.6 Å². The quantitative estimate of drug-likeness (QED) is 0.827. The number of rotatable bonds is 2. The predicted octanol–water partition coefficient (Wildman–Crippen LogP) is 2.23. The van der Waals surface area contributed by atoms with E-state index in [2.05, 4.69) is 0 Å². The summed E-state index contributed by atoms with van der Waals surface area (Å²) in [4.78, 5) is 21.5. The van der Waals surface area contributed by atoms with Crippen LogP contribution in [0.3, 0.4) is 0 Å². The van der Waals surface area contributed by atoms with Crippen LogP contribution in [0.25, 0.3) is 10.8 Å². The van der Waals surface area contributed by atoms with Gasteiger partial charge in [0.05, 0.1) is 11.1 Å². The van der Waals surface area contributed by atoms with Gasteiger partial charge in [0.15, 0.2) is 0 Å². The van der Waals surface area contributed by atoms with Crippen molar-refractivity contribution in [2.45, 2.75) is 0 Å². The summed E-state index contributed by atoms with van der Waals surface area (Å²) in [5, 5.41) is 19.0. The smallest absolute Gasteiger partial charge is 0.335 e. The molecular weight excluding hydrogens is 272 g/mol. The molecule has 0 fully saturated rings. The third-order valence-electron chi connectivity index (χ3n) is 2.33. The molecule has 17 heavy (non-hydrogen) atoms. The molecule has 0 amide bonds. The normalized spacial score (nSPS) is 9.65. The first kappa shape index (κ1) is 13.2. The molecule has 0 saturated carbocycles. The summed E-state index contributed by atoms with van der Waals surface area (Å²) in [6.45, 7) is 0. The molecule has 0 saturated heterocycles. The van der Waals surface area contributed by atoms with Crippen molar-refractivity contribution in [3.8, 4) is 0 Å². The maximum atomic E-state index is 10.7. The van der Waals surface area contributed by atoms with Gasteiger partial charge in [0.2, 0.25) is 0 Å². The SMILES string of the molecule is O=C(O)c1ccc2cc(C(=O)O)ccc2c1.[Cu]. The minimum Gasteiger partial charge on any atom is -0.478 e. The second-order valence-corrected chi connectivity index (χ2v) is 3.39. The molecule has 0 atom stereocenters. The Bertz CT molecular complexity index is 539. The Balaban J connectivity index is 0.00000144. The van der Waals surface area contributed by atoms with Crippen LogP contribution in [0.2, 0.25) is 0 Å². The standard InChI is InChI=1S/C12H8O4.Cu/c13-11(14)9-3-1-7-5-10(12(15)16)4-2-8(7)6-9;/h1-6H,(H,13,14)(H,15,16);. The van der Waals surface area contributed by atoms with Gasteiger partial charge in [-0.2, -0.15) is 0 Å². The van der Waals surface area contributed by atoms with Crippen LogP contribution in [0.5, 0.6) is 0 Å². The molecule has 0 unspecified atom stereocenters. The van der Waals surface area contributed by atoms with E-state index < -0.39 is 11.9 Å². The summed E-state index contributed by atoms with van der Waals surface area (Å²) in [6.07, 6.45) is 0. The molecule has 0 aliphatic heterocycles. The Morgan fingerprint density at radius 3 is 1.41 bits per heavy atom. The van der Waals surface area contributed by atoms with Gasteiger partial charge in [0.1, 0.15) is 0 Å². The summed E-state index contributed by atoms with van der Waals surface area (Å²) in [6, 6.07) is 9.15. The van der Waals surface area contributed by atoms with Crippen molar-refractivity contribution in [1.82, 2.24) is 0 Å². The summed E-state index contributed by atoms with van der Waals surface area (Å²) < 4.78 is 0. The van der Waals surface area contributed by atoms with Crippen LogP contribution < -0.4 is 0 Å². The number of carboxylic acid groups (broad SMARTS) is 2. The molecule has 2 aromatic rings. The minimum atomic E-state index is -0.996. The maximum Gasteiger partial charge on any atom is 0.335 e. The average Bonchev–Trinajstić information content (AvgIpc) is 2.27. The van der Waals surface area contributed by atoms with Gasteiger partial charge in [-0.15, -0.1) is 0 Å². The van der Waals surface area contributed by atoms with E-state index in [9.17, 15) is 9.59 Å². The fourth-order valence-corrected chi connectivity index (χ4v) is 1.51. The maximum absolute atomic E-state index is 10.7. The van der Waals surface area contributed by atoms with Gasteiger partial charge < -0.3 is 10.2 Å². The van der Waals surface area contributed by atoms with Gasteiger partial charge in [-0.25, -0.2) is 9.59 Å². The molecule has 0 aliphatic carbocycles. The Morgan fingerprint density at radius 1 is 0.765 bits per heavy atom. The largest absolute Gasteiger partial charge is 0.478 e. The molecule has 0 aliphatic rings. The van der Waals surface area contributed by atoms with Gasteiger partial charge in [0.25, 0.3) is 0 Å². The molecule has 4 nitrogen and oxygen atoms in total. The molecule has 2 aromatic carbocycles. The Kier molecular flexibility index (Phi) is 3.88. The summed E-state index contributed by atoms with van der Waals surface area (Å²) in [7, 11) is 0. The van der Waals surface area contributed by atoms with Gasteiger partial charge >= 0.3 is 11.9 Å². The molecule has 5 heteroatoms. The zero-order valence-electron chi connectivity index (χ0n) is 8.48. The van der Waals surface area contributed by atoms with Crippen LogP contribution in [0, 0.1) is 0 Å². The third-order valence-corrected chi connectivity index (χ3v) is 2.33. The fourth-order valence-electron chi connectivity index (χ4n) is 1.51. The Labute approximate surface area is 107 Å². The van der Waals surface area contributed by atoms with Crippen molar-refractivity contribution in [1.29, 1.82) is 0 Å². The zero-order chi connectivity index (χ0) is 11.7. The second kappa shape index (κ2) is 4.99. The van der Waals surface area contributed by atoms with E-state index in [1.165, 1.54) is 24.3 Å². The van der Waals surface area contributed by atoms with E-state index in [4.69, 9.17) is 10.2 Å². The Morgan fingerprint density at radius 2 is 1.12 bits per heavy atom. The van der Waals surface area contributed by atoms with Crippen molar-refractivity contribution in [2.24, 2.45) is 0 Å². The first-order chi connectivity index (χ1) is 7.58. The third kappa shape index (κ3) is 2.64. The van der Waals surface area contributed by atoms with Crippen molar-refractivity contribution >= 4 is 22.7 Å². The van der Waals surface area contributed by atoms with Crippen LogP contribution in [0.15, 0.2) is 36.4 Å². The molecule has 1 radical (unpaired) electrons. The summed E-state index contributed by atoms with van der Waals surface area (Å²) >= 11 is 0. The van der Waals surface area contributed by atoms with Crippen LogP contribution >= 0.6 is 0 Å². The van der Waals surface area contributed by atoms with Crippen molar-refractivity contribution < 1.29 is 36.9 Å². The second-order valence-electron chi connectivity index (χ2n) is 3.39. The van der Waals surface area contributed by atoms with Gasteiger partial charge in [0, 0.05) is 17.1 Å². The fraction of sp³-hybridized carbons (Fsp3) is 0. The molecule has 0 bridgehead atoms. The van der Waals surface area contributed by atoms with E-state index in [0.717, 1.165) is 0 Å². The van der Waals surface area contributed by atoms with Crippen molar-refractivity contribution in [2.75, 3.05) is 0 Å². The van der Waals surface area contributed by atoms with Gasteiger partial charge in [-0.3, -0.25) is 0 Å². The average molecular weight is 280 g/mol. The van der Waals surface area contributed by atoms with Crippen LogP contribution in [-0.2, 0) is 17.1 Å². The van der Waals surface area contributed by atoms with Crippen molar-refractivity contribution in [3.63, 3.8) is 0 Å². The first-order valence-corrected chi connectivity index (χ1v) is 4.58. The van der Waals surface area contributed by atoms with Crippen LogP contribution in [0.4, 0.5) is 0 Å². The predicted molar refractivity (Wildman–Crippen MR) is 57.9 cm³/mol. The summed E-state index contributed by atoms with van der Waals surface area (Å²) in [5.41, 5.74) is 0.381. The first-order valence-electron chi connectivity index (χ1n) is 4.58. The Hall–Kier alpha value is -1.84. The number of carboxylic acids is 2. The van der Waals surface area contributed by atoms with E-state index in [1.807, 2.05) is 0 Å². The molecule has 91 valence electrons. The number of benzene rings is 2. The van der Waals surface area contributed by atoms with Gasteiger partial charge in [-0.1, -0.05) is 12.1 Å². The molecular formula is C12H8CuO4. The van der Waals surface area contributed by atoms with E-state index in [-0.39, 0.29) is 28.2 Å². The van der Waals surface area contributed by atoms with Crippen LogP contribution in [-0.4, -0.2) is 22.2 Å². The number of carbonyl (C=O) groups is 2. The molecule has 2 N–H and O–H groups in total. The monoisotopic (exact) mass is 279 g/mol. The van der Waals surface area contributed by atoms with E-state index in [1.54, 1.807) is 12.1 Å². The number of hydrogen-bond acceptors (Lipinski definition) is 2. The number of fused-ring (bicyclic) bond motifs is 1. The van der Waals surface area contributed by atoms with Crippen LogP contribution in [0.1, 0.15) is 20.7 Å². The van der Waals surface area contributed by atoms with Gasteiger partial charge in [-0.05, 0) is 35.0 Å².